The molecule has 0 spiro atoms. The van der Waals surface area contributed by atoms with E-state index < -0.39 is 0 Å². The van der Waals surface area contributed by atoms with Crippen LogP contribution in [0.5, 0.6) is 0 Å². The Morgan fingerprint density at radius 2 is 0.536 bits per heavy atom. The highest BCUT2D eigenvalue weighted by molar-refractivity contribution is 6.24. The monoisotopic (exact) mass is 1090 g/mol. The van der Waals surface area contributed by atoms with Crippen molar-refractivity contribution in [3.63, 3.8) is 0 Å². The minimum absolute atomic E-state index is 0.717. The molecule has 2 nitrogen and oxygen atoms in total. The lowest BCUT2D eigenvalue weighted by Gasteiger charge is -2.31. The molecule has 0 radical (unpaired) electrons. The summed E-state index contributed by atoms with van der Waals surface area (Å²) in [5.41, 5.74) is 24.7. The largest absolute Gasteiger partial charge is 0.310 e. The molecule has 0 saturated heterocycles. The third kappa shape index (κ3) is 10.4. The maximum Gasteiger partial charge on any atom is 0.0546 e. The summed E-state index contributed by atoms with van der Waals surface area (Å²) in [7, 11) is 0. The van der Waals surface area contributed by atoms with E-state index in [1.807, 2.05) is 0 Å². The number of hydrogen-bond acceptors (Lipinski definition) is 2. The van der Waals surface area contributed by atoms with Crippen LogP contribution in [0.2, 0.25) is 0 Å². The molecule has 0 bridgehead atoms. The average Bonchev–Trinajstić information content (AvgIpc) is 1.78. The fraction of sp³-hybridized carbons (Fsp3) is 0.195. The van der Waals surface area contributed by atoms with Crippen molar-refractivity contribution < 1.29 is 0 Å². The van der Waals surface area contributed by atoms with E-state index in [0.717, 1.165) is 34.1 Å². The standard InChI is InChI=1S/C82H74N2/c1-55-23-49-79(57(3)51-55)83(71-45-41-69(42-46-71)67-37-33-65(34-38-67)63-29-25-61(26-30-63)59-15-7-5-8-16-59)81-53-77-74-20-12-14-22-76(74)82(54-78(77)73-19-11-13-21-75(73)81)84(80-50-24-56(2)52-58(80)4)72-47-43-70(44-48-72)68-39-35-66(36-40-68)64-31-27-62(28-32-64)60-17-9-6-10-18-60/h11-14,19-54,59-60H,5-10,15-18H2,1-4H3. The molecule has 2 heteroatoms. The Hall–Kier alpha value is -8.98. The molecule has 2 saturated carbocycles. The molecule has 2 aliphatic carbocycles. The second-order valence-electron chi connectivity index (χ2n) is 24.4. The van der Waals surface area contributed by atoms with E-state index >= 15 is 0 Å². The van der Waals surface area contributed by atoms with Gasteiger partial charge in [0.15, 0.2) is 0 Å². The van der Waals surface area contributed by atoms with Gasteiger partial charge in [0.2, 0.25) is 0 Å². The van der Waals surface area contributed by atoms with Crippen LogP contribution >= 0.6 is 0 Å². The summed E-state index contributed by atoms with van der Waals surface area (Å²) in [4.78, 5) is 4.99. The van der Waals surface area contributed by atoms with Crippen LogP contribution in [0.15, 0.2) is 243 Å². The van der Waals surface area contributed by atoms with Crippen LogP contribution in [0.1, 0.15) is 109 Å². The maximum atomic E-state index is 2.50. The lowest BCUT2D eigenvalue weighted by Crippen LogP contribution is -2.13. The van der Waals surface area contributed by atoms with Gasteiger partial charge in [-0.25, -0.2) is 0 Å². The van der Waals surface area contributed by atoms with Crippen LogP contribution in [0.25, 0.3) is 76.8 Å². The summed E-state index contributed by atoms with van der Waals surface area (Å²) < 4.78 is 0. The second-order valence-corrected chi connectivity index (χ2v) is 24.4. The molecular weight excluding hydrogens is 1010 g/mol. The zero-order valence-electron chi connectivity index (χ0n) is 49.2. The summed E-state index contributed by atoms with van der Waals surface area (Å²) in [6.45, 7) is 8.88. The van der Waals surface area contributed by atoms with Gasteiger partial charge in [0.05, 0.1) is 11.4 Å². The van der Waals surface area contributed by atoms with Crippen LogP contribution in [0.3, 0.4) is 0 Å². The molecule has 2 aliphatic rings. The van der Waals surface area contributed by atoms with Gasteiger partial charge in [-0.1, -0.05) is 244 Å². The minimum atomic E-state index is 0.717. The summed E-state index contributed by atoms with van der Waals surface area (Å²) in [6.07, 6.45) is 13.5. The zero-order chi connectivity index (χ0) is 56.7. The number of fused-ring (bicyclic) bond motifs is 5. The molecule has 0 amide bonds. The normalized spacial score (nSPS) is 14.1. The second kappa shape index (κ2) is 23.0. The molecule has 0 heterocycles. The smallest absolute Gasteiger partial charge is 0.0546 e. The predicted octanol–water partition coefficient (Wildman–Crippen LogP) is 24.1. The molecule has 0 unspecified atom stereocenters. The van der Waals surface area contributed by atoms with E-state index in [2.05, 4.69) is 280 Å². The number of anilines is 6. The van der Waals surface area contributed by atoms with Gasteiger partial charge >= 0.3 is 0 Å². The third-order valence-electron chi connectivity index (χ3n) is 18.8. The van der Waals surface area contributed by atoms with Crippen molar-refractivity contribution in [2.24, 2.45) is 0 Å². The van der Waals surface area contributed by atoms with Crippen molar-refractivity contribution >= 4 is 66.4 Å². The molecule has 0 atom stereocenters. The Balaban J connectivity index is 0.831. The van der Waals surface area contributed by atoms with E-state index in [-0.39, 0.29) is 0 Å². The number of aryl methyl sites for hydroxylation is 4. The molecule has 412 valence electrons. The van der Waals surface area contributed by atoms with Crippen molar-refractivity contribution in [2.75, 3.05) is 9.80 Å². The Morgan fingerprint density at radius 3 is 0.845 bits per heavy atom. The quantitative estimate of drug-likeness (QED) is 0.113. The highest BCUT2D eigenvalue weighted by atomic mass is 15.2. The molecule has 84 heavy (non-hydrogen) atoms. The van der Waals surface area contributed by atoms with Crippen LogP contribution in [-0.4, -0.2) is 0 Å². The van der Waals surface area contributed by atoms with Gasteiger partial charge in [-0.05, 0) is 202 Å². The van der Waals surface area contributed by atoms with E-state index in [9.17, 15) is 0 Å². The summed E-state index contributed by atoms with van der Waals surface area (Å²) in [6, 6.07) is 92.2. The first-order valence-corrected chi connectivity index (χ1v) is 31.0. The van der Waals surface area contributed by atoms with Crippen molar-refractivity contribution in [1.82, 2.24) is 0 Å². The molecule has 0 N–H and O–H groups in total. The van der Waals surface area contributed by atoms with Crippen molar-refractivity contribution in [3.05, 3.63) is 276 Å². The molecule has 12 aromatic rings. The van der Waals surface area contributed by atoms with Crippen LogP contribution in [-0.2, 0) is 0 Å². The van der Waals surface area contributed by atoms with Gasteiger partial charge < -0.3 is 9.80 Å². The number of nitrogens with zero attached hydrogens (tertiary/aromatic N) is 2. The van der Waals surface area contributed by atoms with Gasteiger partial charge in [0, 0.05) is 33.5 Å². The van der Waals surface area contributed by atoms with E-state index in [1.54, 1.807) is 0 Å². The number of hydrogen-bond donors (Lipinski definition) is 0. The van der Waals surface area contributed by atoms with Crippen LogP contribution < -0.4 is 9.80 Å². The van der Waals surface area contributed by atoms with Gasteiger partial charge in [-0.3, -0.25) is 0 Å². The van der Waals surface area contributed by atoms with Crippen molar-refractivity contribution in [1.29, 1.82) is 0 Å². The van der Waals surface area contributed by atoms with Gasteiger partial charge in [-0.2, -0.15) is 0 Å². The molecule has 2 fully saturated rings. The number of benzene rings is 12. The van der Waals surface area contributed by atoms with Gasteiger partial charge in [0.25, 0.3) is 0 Å². The lowest BCUT2D eigenvalue weighted by molar-refractivity contribution is 0.443. The average molecular weight is 1090 g/mol. The molecule has 0 aliphatic heterocycles. The summed E-state index contributed by atoms with van der Waals surface area (Å²) >= 11 is 0. The van der Waals surface area contributed by atoms with E-state index in [4.69, 9.17) is 0 Å². The lowest BCUT2D eigenvalue weighted by atomic mass is 9.83. The summed E-state index contributed by atoms with van der Waals surface area (Å²) in [5, 5.41) is 7.26. The fourth-order valence-corrected chi connectivity index (χ4v) is 14.3. The van der Waals surface area contributed by atoms with Crippen LogP contribution in [0.4, 0.5) is 34.1 Å². The third-order valence-corrected chi connectivity index (χ3v) is 18.8. The Bertz CT molecular complexity index is 4030. The first-order valence-electron chi connectivity index (χ1n) is 31.0. The van der Waals surface area contributed by atoms with E-state index in [1.165, 1.54) is 174 Å². The fourth-order valence-electron chi connectivity index (χ4n) is 14.3. The number of rotatable bonds is 12. The molecule has 0 aromatic heterocycles. The zero-order valence-corrected chi connectivity index (χ0v) is 49.2. The topological polar surface area (TPSA) is 6.48 Å². The molecular formula is C82H74N2. The molecule has 12 aromatic carbocycles. The van der Waals surface area contributed by atoms with E-state index in [0.29, 0.717) is 11.8 Å². The SMILES string of the molecule is Cc1ccc(N(c2ccc(-c3ccc(-c4ccc(C5CCCCC5)cc4)cc3)cc2)c2cc3c4ccccc4c(N(c4ccc(-c5ccc(-c6ccc(C7CCCCC7)cc6)cc5)cc4)c4ccc(C)cc4C)cc3c3ccccc23)c(C)c1. The Morgan fingerprint density at radius 1 is 0.250 bits per heavy atom. The van der Waals surface area contributed by atoms with Gasteiger partial charge in [-0.15, -0.1) is 0 Å². The maximum absolute atomic E-state index is 2.50. The Labute approximate surface area is 497 Å². The molecule has 14 rings (SSSR count). The Kier molecular flexibility index (Phi) is 14.5. The van der Waals surface area contributed by atoms with Crippen LogP contribution in [0, 0.1) is 27.7 Å². The van der Waals surface area contributed by atoms with Crippen molar-refractivity contribution in [3.8, 4) is 44.5 Å². The highest BCUT2D eigenvalue weighted by Gasteiger charge is 2.25. The first kappa shape index (κ1) is 53.1. The van der Waals surface area contributed by atoms with Gasteiger partial charge in [0.1, 0.15) is 0 Å². The minimum Gasteiger partial charge on any atom is -0.310 e. The first-order chi connectivity index (χ1) is 41.3. The predicted molar refractivity (Wildman–Crippen MR) is 361 cm³/mol. The van der Waals surface area contributed by atoms with Crippen molar-refractivity contribution in [2.45, 2.75) is 104 Å². The summed E-state index contributed by atoms with van der Waals surface area (Å²) in [5.74, 6) is 1.43. The highest BCUT2D eigenvalue weighted by Crippen LogP contribution is 2.49.